The number of urea groups is 1. The fraction of sp³-hybridized carbons (Fsp3) is 0.250. The molecule has 0 saturated heterocycles. The van der Waals surface area contributed by atoms with E-state index >= 15 is 0 Å². The van der Waals surface area contributed by atoms with Crippen LogP contribution in [0.4, 0.5) is 10.5 Å². The number of fused-ring (bicyclic) bond motifs is 1. The summed E-state index contributed by atoms with van der Waals surface area (Å²) >= 11 is 6.08. The highest BCUT2D eigenvalue weighted by atomic mass is 35.5. The first-order valence-corrected chi connectivity index (χ1v) is 7.44. The number of amides is 2. The van der Waals surface area contributed by atoms with E-state index < -0.39 is 0 Å². The maximum absolute atomic E-state index is 12.2. The first kappa shape index (κ1) is 14.7. The van der Waals surface area contributed by atoms with Crippen LogP contribution in [0.1, 0.15) is 24.1 Å². The van der Waals surface area contributed by atoms with Crippen LogP contribution in [0.5, 0.6) is 5.75 Å². The van der Waals surface area contributed by atoms with Crippen LogP contribution in [0, 0.1) is 0 Å². The lowest BCUT2D eigenvalue weighted by Gasteiger charge is -2.16. The molecule has 0 spiro atoms. The summed E-state index contributed by atoms with van der Waals surface area (Å²) in [5, 5.41) is 6.27. The van der Waals surface area contributed by atoms with Crippen molar-refractivity contribution in [2.24, 2.45) is 0 Å². The monoisotopic (exact) mass is 317 g/mol. The van der Waals surface area contributed by atoms with Gasteiger partial charge in [0.05, 0.1) is 18.3 Å². The molecular formula is C16H16ClN3O2. The smallest absolute Gasteiger partial charge is 0.319 e. The standard InChI is InChI=1S/C16H16ClN3O2/c1-10(11-2-5-18-6-3-11)19-16(21)20-14-9-13(17)8-12-4-7-22-15(12)14/h2-3,5-6,8-10H,4,7H2,1H3,(H2,19,20,21)/t10-/m1/s1. The fourth-order valence-electron chi connectivity index (χ4n) is 2.45. The lowest BCUT2D eigenvalue weighted by Crippen LogP contribution is -2.31. The maximum atomic E-state index is 12.2. The number of aromatic nitrogens is 1. The van der Waals surface area contributed by atoms with Gasteiger partial charge in [0, 0.05) is 29.4 Å². The van der Waals surface area contributed by atoms with Crippen LogP contribution in [0.3, 0.4) is 0 Å². The molecule has 1 aromatic carbocycles. The van der Waals surface area contributed by atoms with Crippen LogP contribution in [-0.4, -0.2) is 17.6 Å². The minimum atomic E-state index is -0.302. The van der Waals surface area contributed by atoms with Crippen molar-refractivity contribution in [1.29, 1.82) is 0 Å². The van der Waals surface area contributed by atoms with E-state index in [9.17, 15) is 4.79 Å². The summed E-state index contributed by atoms with van der Waals surface area (Å²) in [6, 6.07) is 6.87. The lowest BCUT2D eigenvalue weighted by atomic mass is 10.1. The normalized spacial score (nSPS) is 13.9. The molecule has 1 aliphatic rings. The summed E-state index contributed by atoms with van der Waals surface area (Å²) in [5.41, 5.74) is 2.60. The Kier molecular flexibility index (Phi) is 4.15. The van der Waals surface area contributed by atoms with Crippen molar-refractivity contribution in [3.63, 3.8) is 0 Å². The highest BCUT2D eigenvalue weighted by molar-refractivity contribution is 6.31. The molecule has 114 valence electrons. The van der Waals surface area contributed by atoms with Gasteiger partial charge in [0.1, 0.15) is 5.75 Å². The summed E-state index contributed by atoms with van der Waals surface area (Å²) in [6.45, 7) is 2.52. The molecule has 2 heterocycles. The van der Waals surface area contributed by atoms with Crippen molar-refractivity contribution in [1.82, 2.24) is 10.3 Å². The minimum Gasteiger partial charge on any atom is -0.491 e. The Morgan fingerprint density at radius 3 is 2.91 bits per heavy atom. The Morgan fingerprint density at radius 1 is 1.36 bits per heavy atom. The number of nitrogens with one attached hydrogen (secondary N) is 2. The molecule has 3 rings (SSSR count). The number of ether oxygens (including phenoxy) is 1. The number of anilines is 1. The first-order chi connectivity index (χ1) is 10.6. The molecule has 22 heavy (non-hydrogen) atoms. The van der Waals surface area contributed by atoms with Crippen molar-refractivity contribution in [2.75, 3.05) is 11.9 Å². The number of halogens is 1. The molecule has 2 N–H and O–H groups in total. The number of carbonyl (C=O) groups excluding carboxylic acids is 1. The van der Waals surface area contributed by atoms with E-state index in [0.29, 0.717) is 23.1 Å². The fourth-order valence-corrected chi connectivity index (χ4v) is 2.69. The average Bonchev–Trinajstić information content (AvgIpc) is 2.96. The van der Waals surface area contributed by atoms with Crippen molar-refractivity contribution in [3.8, 4) is 5.75 Å². The number of hydrogen-bond acceptors (Lipinski definition) is 3. The molecule has 0 saturated carbocycles. The number of pyridine rings is 1. The van der Waals surface area contributed by atoms with E-state index in [1.165, 1.54) is 0 Å². The second-order valence-electron chi connectivity index (χ2n) is 5.14. The van der Waals surface area contributed by atoms with E-state index in [4.69, 9.17) is 16.3 Å². The second-order valence-corrected chi connectivity index (χ2v) is 5.58. The van der Waals surface area contributed by atoms with Gasteiger partial charge in [-0.3, -0.25) is 4.98 Å². The summed E-state index contributed by atoms with van der Waals surface area (Å²) in [5.74, 6) is 0.705. The van der Waals surface area contributed by atoms with Crippen molar-refractivity contribution >= 4 is 23.3 Å². The predicted octanol–water partition coefficient (Wildman–Crippen LogP) is 3.55. The topological polar surface area (TPSA) is 63.2 Å². The van der Waals surface area contributed by atoms with Gasteiger partial charge in [-0.2, -0.15) is 0 Å². The van der Waals surface area contributed by atoms with Crippen LogP contribution in [0.15, 0.2) is 36.7 Å². The SMILES string of the molecule is C[C@@H](NC(=O)Nc1cc(Cl)cc2c1OCC2)c1ccncc1. The molecule has 5 nitrogen and oxygen atoms in total. The summed E-state index contributed by atoms with van der Waals surface area (Å²) in [7, 11) is 0. The van der Waals surface area contributed by atoms with E-state index in [1.54, 1.807) is 18.5 Å². The lowest BCUT2D eigenvalue weighted by molar-refractivity contribution is 0.249. The number of benzene rings is 1. The van der Waals surface area contributed by atoms with Crippen molar-refractivity contribution in [3.05, 3.63) is 52.8 Å². The highest BCUT2D eigenvalue weighted by Crippen LogP contribution is 2.36. The Morgan fingerprint density at radius 2 is 2.14 bits per heavy atom. The van der Waals surface area contributed by atoms with Gasteiger partial charge in [-0.25, -0.2) is 4.79 Å². The van der Waals surface area contributed by atoms with Gasteiger partial charge in [0.25, 0.3) is 0 Å². The number of hydrogen-bond donors (Lipinski definition) is 2. The third kappa shape index (κ3) is 3.14. The molecule has 0 aliphatic carbocycles. The van der Waals surface area contributed by atoms with Gasteiger partial charge in [-0.1, -0.05) is 11.6 Å². The zero-order valence-corrected chi connectivity index (χ0v) is 12.9. The maximum Gasteiger partial charge on any atom is 0.319 e. The largest absolute Gasteiger partial charge is 0.491 e. The predicted molar refractivity (Wildman–Crippen MR) is 85.5 cm³/mol. The molecule has 6 heteroatoms. The van der Waals surface area contributed by atoms with Crippen LogP contribution >= 0.6 is 11.6 Å². The molecule has 0 radical (unpaired) electrons. The second kappa shape index (κ2) is 6.23. The molecule has 1 aromatic heterocycles. The Labute approximate surface area is 133 Å². The van der Waals surface area contributed by atoms with Crippen LogP contribution in [0.25, 0.3) is 0 Å². The zero-order valence-electron chi connectivity index (χ0n) is 12.1. The van der Waals surface area contributed by atoms with E-state index in [-0.39, 0.29) is 12.1 Å². The van der Waals surface area contributed by atoms with E-state index in [1.807, 2.05) is 25.1 Å². The van der Waals surface area contributed by atoms with Gasteiger partial charge in [-0.05, 0) is 36.8 Å². The number of rotatable bonds is 3. The van der Waals surface area contributed by atoms with Gasteiger partial charge >= 0.3 is 6.03 Å². The average molecular weight is 318 g/mol. The van der Waals surface area contributed by atoms with Crippen LogP contribution in [-0.2, 0) is 6.42 Å². The molecule has 2 aromatic rings. The van der Waals surface area contributed by atoms with Gasteiger partial charge in [0.2, 0.25) is 0 Å². The Balaban J connectivity index is 1.70. The minimum absolute atomic E-state index is 0.129. The van der Waals surface area contributed by atoms with E-state index in [2.05, 4.69) is 15.6 Å². The molecule has 0 unspecified atom stereocenters. The van der Waals surface area contributed by atoms with Crippen LogP contribution in [0.2, 0.25) is 5.02 Å². The quantitative estimate of drug-likeness (QED) is 0.910. The molecule has 1 aliphatic heterocycles. The van der Waals surface area contributed by atoms with Gasteiger partial charge in [0.15, 0.2) is 0 Å². The Bertz CT molecular complexity index is 691. The third-order valence-corrected chi connectivity index (χ3v) is 3.77. The molecule has 2 amide bonds. The van der Waals surface area contributed by atoms with Gasteiger partial charge < -0.3 is 15.4 Å². The van der Waals surface area contributed by atoms with Crippen molar-refractivity contribution < 1.29 is 9.53 Å². The highest BCUT2D eigenvalue weighted by Gasteiger charge is 2.19. The van der Waals surface area contributed by atoms with Crippen molar-refractivity contribution in [2.45, 2.75) is 19.4 Å². The van der Waals surface area contributed by atoms with E-state index in [0.717, 1.165) is 17.5 Å². The summed E-state index contributed by atoms with van der Waals surface area (Å²) in [6.07, 6.45) is 4.20. The van der Waals surface area contributed by atoms with Gasteiger partial charge in [-0.15, -0.1) is 0 Å². The molecule has 1 atom stereocenters. The number of carbonyl (C=O) groups is 1. The third-order valence-electron chi connectivity index (χ3n) is 3.55. The Hall–Kier alpha value is -2.27. The summed E-state index contributed by atoms with van der Waals surface area (Å²) in [4.78, 5) is 16.1. The first-order valence-electron chi connectivity index (χ1n) is 7.06. The zero-order chi connectivity index (χ0) is 15.5. The molecule has 0 bridgehead atoms. The molecule has 0 fully saturated rings. The van der Waals surface area contributed by atoms with Crippen LogP contribution < -0.4 is 15.4 Å². The molecular weight excluding hydrogens is 302 g/mol. The summed E-state index contributed by atoms with van der Waals surface area (Å²) < 4.78 is 5.57. The number of nitrogens with zero attached hydrogens (tertiary/aromatic N) is 1.